The molecule has 1 heterocycles. The highest BCUT2D eigenvalue weighted by molar-refractivity contribution is 6.05. The number of rotatable bonds is 7. The number of benzene rings is 3. The summed E-state index contributed by atoms with van der Waals surface area (Å²) in [4.78, 5) is 25.0. The van der Waals surface area contributed by atoms with E-state index in [2.05, 4.69) is 10.5 Å². The lowest BCUT2D eigenvalue weighted by Gasteiger charge is -2.12. The zero-order valence-corrected chi connectivity index (χ0v) is 18.2. The molecule has 0 aliphatic carbocycles. The van der Waals surface area contributed by atoms with Crippen molar-refractivity contribution in [3.8, 4) is 11.5 Å². The summed E-state index contributed by atoms with van der Waals surface area (Å²) >= 11 is 0. The number of esters is 1. The van der Waals surface area contributed by atoms with E-state index in [1.54, 1.807) is 37.3 Å². The third-order valence-corrected chi connectivity index (χ3v) is 4.96. The molecule has 3 aromatic carbocycles. The molecule has 1 aromatic heterocycles. The number of aryl methyl sites for hydroxylation is 1. The largest absolute Gasteiger partial charge is 0.490 e. The van der Waals surface area contributed by atoms with Crippen molar-refractivity contribution in [1.82, 2.24) is 5.43 Å². The maximum atomic E-state index is 12.9. The first-order chi connectivity index (χ1) is 16.1. The van der Waals surface area contributed by atoms with E-state index in [1.165, 1.54) is 12.5 Å². The van der Waals surface area contributed by atoms with Crippen molar-refractivity contribution in [2.24, 2.45) is 5.10 Å². The van der Waals surface area contributed by atoms with Crippen LogP contribution in [-0.2, 0) is 0 Å². The Morgan fingerprint density at radius 1 is 1.00 bits per heavy atom. The Balaban J connectivity index is 1.51. The van der Waals surface area contributed by atoms with E-state index in [-0.39, 0.29) is 5.91 Å². The molecule has 7 nitrogen and oxygen atoms in total. The van der Waals surface area contributed by atoms with E-state index in [0.29, 0.717) is 40.6 Å². The summed E-state index contributed by atoms with van der Waals surface area (Å²) in [6, 6.07) is 19.7. The molecule has 0 unspecified atom stereocenters. The van der Waals surface area contributed by atoms with Gasteiger partial charge in [0.15, 0.2) is 11.5 Å². The fourth-order valence-corrected chi connectivity index (χ4v) is 3.36. The minimum absolute atomic E-state index is 0.296. The van der Waals surface area contributed by atoms with E-state index in [9.17, 15) is 9.59 Å². The van der Waals surface area contributed by atoms with Gasteiger partial charge in [-0.15, -0.1) is 0 Å². The second-order valence-corrected chi connectivity index (χ2v) is 7.15. The van der Waals surface area contributed by atoms with Gasteiger partial charge in [0.25, 0.3) is 5.91 Å². The maximum Gasteiger partial charge on any atom is 0.344 e. The van der Waals surface area contributed by atoms with Crippen LogP contribution in [0, 0.1) is 6.92 Å². The van der Waals surface area contributed by atoms with Crippen LogP contribution in [0.2, 0.25) is 0 Å². The number of ether oxygens (including phenoxy) is 2. The third-order valence-electron chi connectivity index (χ3n) is 4.96. The van der Waals surface area contributed by atoms with Crippen molar-refractivity contribution < 1.29 is 23.5 Å². The number of furan rings is 1. The summed E-state index contributed by atoms with van der Waals surface area (Å²) in [5.74, 6) is 0.357. The van der Waals surface area contributed by atoms with Crippen molar-refractivity contribution in [3.63, 3.8) is 0 Å². The normalized spacial score (nSPS) is 11.0. The van der Waals surface area contributed by atoms with E-state index in [4.69, 9.17) is 13.9 Å². The lowest BCUT2D eigenvalue weighted by atomic mass is 10.0. The summed E-state index contributed by atoms with van der Waals surface area (Å²) in [6.07, 6.45) is 2.92. The number of hydrazone groups is 1. The topological polar surface area (TPSA) is 90.1 Å². The quantitative estimate of drug-likeness (QED) is 0.186. The number of nitrogens with zero attached hydrogens (tertiary/aromatic N) is 1. The molecule has 166 valence electrons. The Hall–Kier alpha value is -4.39. The van der Waals surface area contributed by atoms with Crippen molar-refractivity contribution in [2.45, 2.75) is 13.8 Å². The summed E-state index contributed by atoms with van der Waals surface area (Å²) in [6.45, 7) is 3.92. The SMILES string of the molecule is CCOc1cc(/C=N\NC(=O)c2ccoc2C)ccc1OC(=O)c1cccc2ccccc12. The summed E-state index contributed by atoms with van der Waals surface area (Å²) < 4.78 is 16.5. The van der Waals surface area contributed by atoms with Gasteiger partial charge in [-0.3, -0.25) is 4.79 Å². The van der Waals surface area contributed by atoms with Crippen LogP contribution in [0.1, 0.15) is 39.0 Å². The number of hydrogen-bond acceptors (Lipinski definition) is 6. The zero-order chi connectivity index (χ0) is 23.2. The molecule has 0 saturated carbocycles. The number of carbonyl (C=O) groups excluding carboxylic acids is 2. The van der Waals surface area contributed by atoms with Crippen LogP contribution in [0.25, 0.3) is 10.8 Å². The Morgan fingerprint density at radius 2 is 1.82 bits per heavy atom. The second kappa shape index (κ2) is 9.82. The van der Waals surface area contributed by atoms with Crippen molar-refractivity contribution in [2.75, 3.05) is 6.61 Å². The molecule has 0 radical (unpaired) electrons. The number of amides is 1. The molecular weight excluding hydrogens is 420 g/mol. The van der Waals surface area contributed by atoms with Gasteiger partial charge >= 0.3 is 5.97 Å². The number of hydrogen-bond donors (Lipinski definition) is 1. The Kier molecular flexibility index (Phi) is 6.50. The first kappa shape index (κ1) is 21.8. The molecule has 0 spiro atoms. The van der Waals surface area contributed by atoms with E-state index < -0.39 is 5.97 Å². The van der Waals surface area contributed by atoms with Gasteiger partial charge in [-0.1, -0.05) is 36.4 Å². The first-order valence-corrected chi connectivity index (χ1v) is 10.4. The molecule has 0 aliphatic heterocycles. The van der Waals surface area contributed by atoms with E-state index in [1.807, 2.05) is 43.3 Å². The van der Waals surface area contributed by atoms with Crippen LogP contribution in [0.5, 0.6) is 11.5 Å². The van der Waals surface area contributed by atoms with Gasteiger partial charge in [0.05, 0.1) is 30.2 Å². The molecule has 4 rings (SSSR count). The minimum atomic E-state index is -0.475. The smallest absolute Gasteiger partial charge is 0.344 e. The van der Waals surface area contributed by atoms with Crippen molar-refractivity contribution >= 4 is 28.9 Å². The highest BCUT2D eigenvalue weighted by atomic mass is 16.6. The number of nitrogens with one attached hydrogen (secondary N) is 1. The molecule has 0 fully saturated rings. The Morgan fingerprint density at radius 3 is 2.61 bits per heavy atom. The average molecular weight is 442 g/mol. The molecule has 0 atom stereocenters. The zero-order valence-electron chi connectivity index (χ0n) is 18.2. The molecule has 1 N–H and O–H groups in total. The highest BCUT2D eigenvalue weighted by Crippen LogP contribution is 2.30. The van der Waals surface area contributed by atoms with Crippen LogP contribution in [0.3, 0.4) is 0 Å². The van der Waals surface area contributed by atoms with Gasteiger partial charge in [0.2, 0.25) is 0 Å². The van der Waals surface area contributed by atoms with Crippen molar-refractivity contribution in [1.29, 1.82) is 0 Å². The predicted octanol–water partition coefficient (Wildman–Crippen LogP) is 5.12. The summed E-state index contributed by atoms with van der Waals surface area (Å²) in [5.41, 5.74) is 4.00. The van der Waals surface area contributed by atoms with Gasteiger partial charge in [-0.25, -0.2) is 10.2 Å². The molecule has 0 bridgehead atoms. The average Bonchev–Trinajstić information content (AvgIpc) is 3.26. The standard InChI is InChI=1S/C26H22N2O5/c1-3-31-24-15-18(16-27-28-25(29)20-13-14-32-17(20)2)11-12-23(24)33-26(30)22-10-6-8-19-7-4-5-9-21(19)22/h4-16H,3H2,1-2H3,(H,28,29)/b27-16-. The van der Waals surface area contributed by atoms with Gasteiger partial charge < -0.3 is 13.9 Å². The van der Waals surface area contributed by atoms with Gasteiger partial charge in [0.1, 0.15) is 5.76 Å². The number of fused-ring (bicyclic) bond motifs is 1. The van der Waals surface area contributed by atoms with Crippen LogP contribution >= 0.6 is 0 Å². The van der Waals surface area contributed by atoms with E-state index >= 15 is 0 Å². The van der Waals surface area contributed by atoms with Crippen LogP contribution in [0.4, 0.5) is 0 Å². The molecule has 33 heavy (non-hydrogen) atoms. The fourth-order valence-electron chi connectivity index (χ4n) is 3.36. The monoisotopic (exact) mass is 442 g/mol. The Labute approximate surface area is 190 Å². The molecule has 0 saturated heterocycles. The lowest BCUT2D eigenvalue weighted by molar-refractivity contribution is 0.0730. The molecule has 0 aliphatic rings. The van der Waals surface area contributed by atoms with Crippen LogP contribution in [-0.4, -0.2) is 24.7 Å². The molecular formula is C26H22N2O5. The van der Waals surface area contributed by atoms with Gasteiger partial charge in [0, 0.05) is 0 Å². The molecule has 7 heteroatoms. The summed E-state index contributed by atoms with van der Waals surface area (Å²) in [7, 11) is 0. The summed E-state index contributed by atoms with van der Waals surface area (Å²) in [5, 5.41) is 5.75. The minimum Gasteiger partial charge on any atom is -0.490 e. The predicted molar refractivity (Wildman–Crippen MR) is 125 cm³/mol. The van der Waals surface area contributed by atoms with Crippen LogP contribution < -0.4 is 14.9 Å². The molecule has 1 amide bonds. The van der Waals surface area contributed by atoms with Crippen LogP contribution in [0.15, 0.2) is 82.5 Å². The van der Waals surface area contributed by atoms with Crippen molar-refractivity contribution in [3.05, 3.63) is 95.4 Å². The third kappa shape index (κ3) is 4.93. The second-order valence-electron chi connectivity index (χ2n) is 7.15. The molecule has 4 aromatic rings. The van der Waals surface area contributed by atoms with E-state index in [0.717, 1.165) is 10.8 Å². The highest BCUT2D eigenvalue weighted by Gasteiger charge is 2.16. The van der Waals surface area contributed by atoms with Gasteiger partial charge in [-0.05, 0) is 60.5 Å². The lowest BCUT2D eigenvalue weighted by Crippen LogP contribution is -2.17. The Bertz CT molecular complexity index is 1330. The maximum absolute atomic E-state index is 12.9. The van der Waals surface area contributed by atoms with Gasteiger partial charge in [-0.2, -0.15) is 5.10 Å². The first-order valence-electron chi connectivity index (χ1n) is 10.4. The number of carbonyl (C=O) groups is 2. The fraction of sp³-hybridized carbons (Fsp3) is 0.115.